The van der Waals surface area contributed by atoms with Gasteiger partial charge in [0.05, 0.1) is 17.6 Å². The van der Waals surface area contributed by atoms with E-state index in [1.54, 1.807) is 0 Å². The lowest BCUT2D eigenvalue weighted by atomic mass is 9.95. The summed E-state index contributed by atoms with van der Waals surface area (Å²) in [7, 11) is 0. The van der Waals surface area contributed by atoms with E-state index in [1.807, 2.05) is 24.3 Å². The summed E-state index contributed by atoms with van der Waals surface area (Å²) < 4.78 is 0. The summed E-state index contributed by atoms with van der Waals surface area (Å²) in [6.45, 7) is 0.777. The summed E-state index contributed by atoms with van der Waals surface area (Å²) in [6.07, 6.45) is 3.98. The first kappa shape index (κ1) is 14.7. The van der Waals surface area contributed by atoms with Gasteiger partial charge in [0.15, 0.2) is 0 Å². The number of H-pyrrole nitrogens is 1. The molecule has 0 radical (unpaired) electrons. The molecule has 1 aromatic heterocycles. The van der Waals surface area contributed by atoms with E-state index in [4.69, 9.17) is 0 Å². The van der Waals surface area contributed by atoms with Gasteiger partial charge in [-0.2, -0.15) is 5.10 Å². The second kappa shape index (κ2) is 5.45. The van der Waals surface area contributed by atoms with Gasteiger partial charge in [0.25, 0.3) is 0 Å². The smallest absolute Gasteiger partial charge is 0.226 e. The van der Waals surface area contributed by atoms with E-state index in [0.717, 1.165) is 23.1 Å². The van der Waals surface area contributed by atoms with Crippen molar-refractivity contribution in [1.29, 1.82) is 0 Å². The van der Waals surface area contributed by atoms with Crippen molar-refractivity contribution in [2.75, 3.05) is 6.54 Å². The number of para-hydroxylation sites is 1. The number of carbonyl (C=O) groups is 1. The highest BCUT2D eigenvalue weighted by Gasteiger charge is 2.57. The molecule has 1 saturated carbocycles. The number of hydrogen-bond acceptors (Lipinski definition) is 2. The molecule has 4 nitrogen and oxygen atoms in total. The highest BCUT2D eigenvalue weighted by atomic mass is 16.1. The van der Waals surface area contributed by atoms with Crippen LogP contribution in [0.1, 0.15) is 29.7 Å². The molecule has 4 heteroatoms. The van der Waals surface area contributed by atoms with Gasteiger partial charge < -0.3 is 5.32 Å². The van der Waals surface area contributed by atoms with Crippen molar-refractivity contribution in [3.63, 3.8) is 0 Å². The number of aryl methyl sites for hydroxylation is 1. The van der Waals surface area contributed by atoms with E-state index < -0.39 is 0 Å². The standard InChI is InChI=1S/C21H21N3O/c25-20(11-19-16-6-2-4-8-18(16)23-24-19)22-13-15-12-21(15)10-9-14-5-1-3-7-17(14)21/h1-8,15H,9-13H2,(H,22,25)(H,23,24)/t15-,21+/m0/s1. The van der Waals surface area contributed by atoms with Crippen LogP contribution in [0.4, 0.5) is 0 Å². The molecule has 0 bridgehead atoms. The number of benzene rings is 2. The third-order valence-corrected chi connectivity index (χ3v) is 6.05. The molecule has 2 N–H and O–H groups in total. The predicted octanol–water partition coefficient (Wildman–Crippen LogP) is 3.13. The molecule has 0 aliphatic heterocycles. The van der Waals surface area contributed by atoms with Gasteiger partial charge in [0, 0.05) is 17.3 Å². The average Bonchev–Trinajstić information content (AvgIpc) is 3.00. The number of aromatic amines is 1. The predicted molar refractivity (Wildman–Crippen MR) is 97.4 cm³/mol. The second-order valence-corrected chi connectivity index (χ2v) is 7.41. The summed E-state index contributed by atoms with van der Waals surface area (Å²) in [5.74, 6) is 0.654. The molecule has 2 aliphatic rings. The van der Waals surface area contributed by atoms with E-state index in [9.17, 15) is 4.79 Å². The number of hydrogen-bond donors (Lipinski definition) is 2. The van der Waals surface area contributed by atoms with Crippen molar-refractivity contribution < 1.29 is 4.79 Å². The number of amides is 1. The first-order chi connectivity index (χ1) is 12.3. The zero-order valence-corrected chi connectivity index (χ0v) is 14.1. The Bertz CT molecular complexity index is 960. The van der Waals surface area contributed by atoms with Crippen LogP contribution in [0.25, 0.3) is 10.9 Å². The molecule has 1 amide bonds. The summed E-state index contributed by atoms with van der Waals surface area (Å²) in [4.78, 5) is 12.4. The Balaban J connectivity index is 1.22. The second-order valence-electron chi connectivity index (χ2n) is 7.41. The highest BCUT2D eigenvalue weighted by molar-refractivity contribution is 5.87. The Morgan fingerprint density at radius 3 is 3.00 bits per heavy atom. The van der Waals surface area contributed by atoms with Crippen molar-refractivity contribution in [3.05, 3.63) is 65.4 Å². The molecule has 126 valence electrons. The molecule has 25 heavy (non-hydrogen) atoms. The van der Waals surface area contributed by atoms with Crippen LogP contribution in [-0.2, 0) is 23.1 Å². The van der Waals surface area contributed by atoms with E-state index in [1.165, 1.54) is 30.4 Å². The Labute approximate surface area is 146 Å². The maximum atomic E-state index is 12.4. The number of nitrogens with zero attached hydrogens (tertiary/aromatic N) is 1. The van der Waals surface area contributed by atoms with Gasteiger partial charge in [-0.3, -0.25) is 9.89 Å². The maximum absolute atomic E-state index is 12.4. The van der Waals surface area contributed by atoms with Gasteiger partial charge in [-0.05, 0) is 42.4 Å². The molecule has 1 spiro atoms. The zero-order valence-electron chi connectivity index (χ0n) is 14.1. The van der Waals surface area contributed by atoms with Crippen LogP contribution in [0.2, 0.25) is 0 Å². The molecule has 3 aromatic rings. The molecule has 0 saturated heterocycles. The van der Waals surface area contributed by atoms with E-state index >= 15 is 0 Å². The third kappa shape index (κ3) is 2.36. The summed E-state index contributed by atoms with van der Waals surface area (Å²) in [6, 6.07) is 16.7. The van der Waals surface area contributed by atoms with Crippen LogP contribution in [0, 0.1) is 5.92 Å². The Kier molecular flexibility index (Phi) is 3.20. The zero-order chi connectivity index (χ0) is 16.9. The minimum atomic E-state index is 0.0720. The minimum Gasteiger partial charge on any atom is -0.355 e. The van der Waals surface area contributed by atoms with Crippen LogP contribution < -0.4 is 5.32 Å². The Morgan fingerprint density at radius 1 is 1.20 bits per heavy atom. The number of rotatable bonds is 4. The summed E-state index contributed by atoms with van der Waals surface area (Å²) in [5.41, 5.74) is 5.16. The SMILES string of the molecule is O=C(Cc1[nH]nc2ccccc12)NC[C@@H]1C[C@]12CCc1ccccc12. The van der Waals surface area contributed by atoms with Gasteiger partial charge in [-0.1, -0.05) is 42.5 Å². The minimum absolute atomic E-state index is 0.0720. The van der Waals surface area contributed by atoms with Crippen LogP contribution in [0.5, 0.6) is 0 Å². The van der Waals surface area contributed by atoms with Gasteiger partial charge in [0.1, 0.15) is 0 Å². The number of aromatic nitrogens is 2. The van der Waals surface area contributed by atoms with Gasteiger partial charge in [-0.25, -0.2) is 0 Å². The van der Waals surface area contributed by atoms with Crippen molar-refractivity contribution in [2.24, 2.45) is 5.92 Å². The van der Waals surface area contributed by atoms with Gasteiger partial charge >= 0.3 is 0 Å². The average molecular weight is 331 g/mol. The molecule has 1 heterocycles. The Hall–Kier alpha value is -2.62. The van der Waals surface area contributed by atoms with Crippen molar-refractivity contribution in [2.45, 2.75) is 31.1 Å². The number of fused-ring (bicyclic) bond motifs is 3. The fourth-order valence-electron chi connectivity index (χ4n) is 4.61. The van der Waals surface area contributed by atoms with Crippen molar-refractivity contribution in [3.8, 4) is 0 Å². The molecule has 1 fully saturated rings. The molecule has 2 atom stereocenters. The van der Waals surface area contributed by atoms with Crippen LogP contribution in [0.15, 0.2) is 48.5 Å². The fourth-order valence-corrected chi connectivity index (χ4v) is 4.61. The van der Waals surface area contributed by atoms with Crippen LogP contribution >= 0.6 is 0 Å². The van der Waals surface area contributed by atoms with Gasteiger partial charge in [0.2, 0.25) is 5.91 Å². The highest BCUT2D eigenvalue weighted by Crippen LogP contribution is 2.61. The summed E-state index contributed by atoms with van der Waals surface area (Å²) in [5, 5.41) is 11.4. The van der Waals surface area contributed by atoms with Crippen LogP contribution in [-0.4, -0.2) is 22.6 Å². The normalized spacial score (nSPS) is 23.8. The van der Waals surface area contributed by atoms with Crippen LogP contribution in [0.3, 0.4) is 0 Å². The first-order valence-corrected chi connectivity index (χ1v) is 9.03. The first-order valence-electron chi connectivity index (χ1n) is 9.03. The molecule has 0 unspecified atom stereocenters. The quantitative estimate of drug-likeness (QED) is 0.772. The van der Waals surface area contributed by atoms with Crippen molar-refractivity contribution >= 4 is 16.8 Å². The molecule has 2 aliphatic carbocycles. The third-order valence-electron chi connectivity index (χ3n) is 6.05. The topological polar surface area (TPSA) is 57.8 Å². The molecule has 2 aromatic carbocycles. The molecule has 5 rings (SSSR count). The van der Waals surface area contributed by atoms with Gasteiger partial charge in [-0.15, -0.1) is 0 Å². The van der Waals surface area contributed by atoms with Crippen molar-refractivity contribution in [1.82, 2.24) is 15.5 Å². The Morgan fingerprint density at radius 2 is 2.04 bits per heavy atom. The van der Waals surface area contributed by atoms with E-state index in [-0.39, 0.29) is 5.91 Å². The summed E-state index contributed by atoms with van der Waals surface area (Å²) >= 11 is 0. The lowest BCUT2D eigenvalue weighted by molar-refractivity contribution is -0.120. The lowest BCUT2D eigenvalue weighted by Gasteiger charge is -2.12. The maximum Gasteiger partial charge on any atom is 0.226 e. The molecular formula is C21H21N3O. The van der Waals surface area contributed by atoms with E-state index in [0.29, 0.717) is 17.8 Å². The van der Waals surface area contributed by atoms with E-state index in [2.05, 4.69) is 39.8 Å². The lowest BCUT2D eigenvalue weighted by Crippen LogP contribution is -2.29. The molecular weight excluding hydrogens is 310 g/mol. The number of nitrogens with one attached hydrogen (secondary N) is 2. The fraction of sp³-hybridized carbons (Fsp3) is 0.333. The number of carbonyl (C=O) groups excluding carboxylic acids is 1. The largest absolute Gasteiger partial charge is 0.355 e. The monoisotopic (exact) mass is 331 g/mol.